The van der Waals surface area contributed by atoms with Gasteiger partial charge in [0.15, 0.2) is 0 Å². The Morgan fingerprint density at radius 3 is 1.93 bits per heavy atom. The maximum Gasteiger partial charge on any atom is 0.337 e. The average molecular weight is 372 g/mol. The van der Waals surface area contributed by atoms with Crippen LogP contribution in [0.15, 0.2) is 35.4 Å². The summed E-state index contributed by atoms with van der Waals surface area (Å²) in [5, 5.41) is 0. The van der Waals surface area contributed by atoms with Gasteiger partial charge in [-0.3, -0.25) is 0 Å². The molecular formula is C20H20O7. The van der Waals surface area contributed by atoms with Crippen LogP contribution in [0.5, 0.6) is 11.5 Å². The van der Waals surface area contributed by atoms with E-state index in [1.807, 2.05) is 12.1 Å². The van der Waals surface area contributed by atoms with Crippen LogP contribution in [0.4, 0.5) is 0 Å². The van der Waals surface area contributed by atoms with Crippen molar-refractivity contribution < 1.29 is 33.3 Å². The highest BCUT2D eigenvalue weighted by Crippen LogP contribution is 2.59. The predicted octanol–water partition coefficient (Wildman–Crippen LogP) is 1.76. The molecule has 0 spiro atoms. The molecule has 4 rings (SSSR count). The summed E-state index contributed by atoms with van der Waals surface area (Å²) < 4.78 is 26.4. The first-order valence-electron chi connectivity index (χ1n) is 8.55. The molecule has 1 fully saturated rings. The Morgan fingerprint density at radius 1 is 0.852 bits per heavy atom. The molecular weight excluding hydrogens is 352 g/mol. The van der Waals surface area contributed by atoms with Crippen LogP contribution in [-0.4, -0.2) is 52.6 Å². The molecule has 2 heterocycles. The maximum atomic E-state index is 12.3. The van der Waals surface area contributed by atoms with Gasteiger partial charge >= 0.3 is 11.9 Å². The van der Waals surface area contributed by atoms with Crippen molar-refractivity contribution in [2.45, 2.75) is 12.2 Å². The van der Waals surface area contributed by atoms with Crippen molar-refractivity contribution in [1.82, 2.24) is 0 Å². The highest BCUT2D eigenvalue weighted by molar-refractivity contribution is 6.04. The van der Waals surface area contributed by atoms with Gasteiger partial charge in [-0.2, -0.15) is 0 Å². The lowest BCUT2D eigenvalue weighted by atomic mass is 9.63. The van der Waals surface area contributed by atoms with E-state index in [2.05, 4.69) is 6.08 Å². The van der Waals surface area contributed by atoms with E-state index in [0.717, 1.165) is 11.1 Å². The van der Waals surface area contributed by atoms with Gasteiger partial charge in [-0.15, -0.1) is 0 Å². The smallest absolute Gasteiger partial charge is 0.337 e. The third-order valence-corrected chi connectivity index (χ3v) is 5.47. The van der Waals surface area contributed by atoms with E-state index in [1.54, 1.807) is 20.3 Å². The summed E-state index contributed by atoms with van der Waals surface area (Å²) in [6.45, 7) is 0. The van der Waals surface area contributed by atoms with E-state index in [1.165, 1.54) is 14.2 Å². The largest absolute Gasteiger partial charge is 0.497 e. The van der Waals surface area contributed by atoms with Crippen molar-refractivity contribution in [2.75, 3.05) is 28.4 Å². The van der Waals surface area contributed by atoms with Crippen LogP contribution in [0, 0.1) is 11.8 Å². The molecule has 142 valence electrons. The summed E-state index contributed by atoms with van der Waals surface area (Å²) in [4.78, 5) is 24.5. The number of fused-ring (bicyclic) bond motifs is 5. The van der Waals surface area contributed by atoms with E-state index in [0.29, 0.717) is 11.5 Å². The molecule has 0 aromatic heterocycles. The van der Waals surface area contributed by atoms with Crippen LogP contribution in [0.2, 0.25) is 0 Å². The Bertz CT molecular complexity index is 860. The van der Waals surface area contributed by atoms with Crippen LogP contribution in [-0.2, 0) is 23.8 Å². The van der Waals surface area contributed by atoms with Gasteiger partial charge in [-0.1, -0.05) is 6.08 Å². The zero-order valence-electron chi connectivity index (χ0n) is 15.5. The van der Waals surface area contributed by atoms with Crippen LogP contribution < -0.4 is 9.47 Å². The normalized spacial score (nSPS) is 27.5. The highest BCUT2D eigenvalue weighted by atomic mass is 16.5. The first-order valence-corrected chi connectivity index (χ1v) is 8.55. The minimum Gasteiger partial charge on any atom is -0.497 e. The quantitative estimate of drug-likeness (QED) is 0.729. The molecule has 1 aliphatic carbocycles. The third kappa shape index (κ3) is 2.45. The van der Waals surface area contributed by atoms with Gasteiger partial charge in [-0.25, -0.2) is 9.59 Å². The molecule has 1 aromatic rings. The van der Waals surface area contributed by atoms with Gasteiger partial charge in [-0.05, 0) is 23.3 Å². The maximum absolute atomic E-state index is 12.3. The minimum atomic E-state index is -0.559. The molecule has 0 amide bonds. The summed E-state index contributed by atoms with van der Waals surface area (Å²) in [5.41, 5.74) is 2.51. The van der Waals surface area contributed by atoms with Crippen LogP contribution >= 0.6 is 0 Å². The zero-order chi connectivity index (χ0) is 19.3. The number of hydrogen-bond acceptors (Lipinski definition) is 7. The van der Waals surface area contributed by atoms with Crippen molar-refractivity contribution in [1.29, 1.82) is 0 Å². The fourth-order valence-corrected chi connectivity index (χ4v) is 4.23. The number of rotatable bonds is 5. The molecule has 4 atom stereocenters. The van der Waals surface area contributed by atoms with Crippen molar-refractivity contribution in [2.24, 2.45) is 11.8 Å². The second kappa shape index (κ2) is 6.42. The number of hydrogen-bond donors (Lipinski definition) is 0. The Kier molecular flexibility index (Phi) is 4.19. The van der Waals surface area contributed by atoms with Gasteiger partial charge in [0.05, 0.1) is 51.8 Å². The van der Waals surface area contributed by atoms with Gasteiger partial charge in [0.1, 0.15) is 11.5 Å². The number of esters is 2. The van der Waals surface area contributed by atoms with Crippen LogP contribution in [0.3, 0.4) is 0 Å². The van der Waals surface area contributed by atoms with Crippen molar-refractivity contribution in [3.63, 3.8) is 0 Å². The predicted molar refractivity (Wildman–Crippen MR) is 94.2 cm³/mol. The first-order chi connectivity index (χ1) is 13.0. The lowest BCUT2D eigenvalue weighted by molar-refractivity contribution is -0.139. The summed E-state index contributed by atoms with van der Waals surface area (Å²) >= 11 is 0. The van der Waals surface area contributed by atoms with E-state index in [-0.39, 0.29) is 23.0 Å². The van der Waals surface area contributed by atoms with Crippen molar-refractivity contribution in [3.05, 3.63) is 41.0 Å². The fourth-order valence-electron chi connectivity index (χ4n) is 4.23. The molecule has 7 nitrogen and oxygen atoms in total. The van der Waals surface area contributed by atoms with E-state index in [9.17, 15) is 9.59 Å². The summed E-state index contributed by atoms with van der Waals surface area (Å²) in [5.74, 6) is 0.231. The fraction of sp³-hybridized carbons (Fsp3) is 0.400. The lowest BCUT2D eigenvalue weighted by Gasteiger charge is -2.37. The third-order valence-electron chi connectivity index (χ3n) is 5.47. The molecule has 0 radical (unpaired) electrons. The molecule has 0 N–H and O–H groups in total. The Morgan fingerprint density at radius 2 is 1.41 bits per heavy atom. The highest BCUT2D eigenvalue weighted by Gasteiger charge is 2.61. The topological polar surface area (TPSA) is 80.3 Å². The van der Waals surface area contributed by atoms with Gasteiger partial charge in [0, 0.05) is 17.9 Å². The van der Waals surface area contributed by atoms with Crippen molar-refractivity contribution >= 4 is 17.5 Å². The second-order valence-corrected chi connectivity index (χ2v) is 6.61. The molecule has 2 bridgehead atoms. The molecule has 7 heteroatoms. The molecule has 1 aromatic carbocycles. The van der Waals surface area contributed by atoms with E-state index < -0.39 is 24.1 Å². The number of methoxy groups -OCH3 is 4. The molecule has 0 saturated carbocycles. The monoisotopic (exact) mass is 372 g/mol. The molecule has 27 heavy (non-hydrogen) atoms. The zero-order valence-corrected chi connectivity index (χ0v) is 15.5. The SMILES string of the molecule is COC(=O)C1=C(C(=O)OC)[C@@H]2O[C@H]1C1C=C(c3cc(OC)cc(OC)c3)C12. The summed E-state index contributed by atoms with van der Waals surface area (Å²) in [6, 6.07) is 5.63. The summed E-state index contributed by atoms with van der Waals surface area (Å²) in [6.07, 6.45) is 1.05. The number of ether oxygens (including phenoxy) is 5. The van der Waals surface area contributed by atoms with Crippen molar-refractivity contribution in [3.8, 4) is 11.5 Å². The van der Waals surface area contributed by atoms with Gasteiger partial charge in [0.25, 0.3) is 0 Å². The number of benzene rings is 1. The standard InChI is InChI=1S/C20H20O7/c1-23-10-5-9(6-11(7-10)24-2)12-8-13-14(12)18-16(20(22)26-4)15(17(13)27-18)19(21)25-3/h5-8,13-14,17-18H,1-4H3/t13?,14?,17-,18+/m0/s1. The van der Waals surface area contributed by atoms with Gasteiger partial charge < -0.3 is 23.7 Å². The number of carbonyl (C=O) groups is 2. The molecule has 2 aliphatic heterocycles. The average Bonchev–Trinajstić information content (AvgIpc) is 3.16. The van der Waals surface area contributed by atoms with Crippen LogP contribution in [0.25, 0.3) is 5.57 Å². The second-order valence-electron chi connectivity index (χ2n) is 6.61. The molecule has 1 saturated heterocycles. The molecule has 2 unspecified atom stereocenters. The minimum absolute atomic E-state index is 0.0182. The summed E-state index contributed by atoms with van der Waals surface area (Å²) in [7, 11) is 5.77. The van der Waals surface area contributed by atoms with Crippen LogP contribution in [0.1, 0.15) is 5.56 Å². The molecule has 3 aliphatic rings. The van der Waals surface area contributed by atoms with Gasteiger partial charge in [0.2, 0.25) is 0 Å². The van der Waals surface area contributed by atoms with E-state index >= 15 is 0 Å². The Hall–Kier alpha value is -2.80. The first kappa shape index (κ1) is 17.6. The lowest BCUT2D eigenvalue weighted by Crippen LogP contribution is -2.39. The Balaban J connectivity index is 1.72. The Labute approximate surface area is 156 Å². The number of carbonyl (C=O) groups excluding carboxylic acids is 2. The van der Waals surface area contributed by atoms with E-state index in [4.69, 9.17) is 23.7 Å².